The molecule has 0 unspecified atom stereocenters. The van der Waals surface area contributed by atoms with Crippen LogP contribution in [0.1, 0.15) is 19.4 Å². The lowest BCUT2D eigenvalue weighted by Crippen LogP contribution is -1.93. The van der Waals surface area contributed by atoms with E-state index in [9.17, 15) is 0 Å². The summed E-state index contributed by atoms with van der Waals surface area (Å²) in [7, 11) is 0. The Kier molecular flexibility index (Phi) is 3.79. The molecule has 0 aliphatic carbocycles. The summed E-state index contributed by atoms with van der Waals surface area (Å²) in [6, 6.07) is 16.4. The van der Waals surface area contributed by atoms with Crippen LogP contribution in [0, 0.1) is 12.5 Å². The number of hydrogen-bond donors (Lipinski definition) is 0. The predicted molar refractivity (Wildman–Crippen MR) is 76.7 cm³/mol. The molecule has 0 N–H and O–H groups in total. The van der Waals surface area contributed by atoms with Crippen molar-refractivity contribution in [2.45, 2.75) is 20.3 Å². The van der Waals surface area contributed by atoms with E-state index in [1.54, 1.807) is 0 Å². The third-order valence-electron chi connectivity index (χ3n) is 2.93. The van der Waals surface area contributed by atoms with Crippen molar-refractivity contribution in [1.82, 2.24) is 0 Å². The zero-order valence-corrected chi connectivity index (χ0v) is 10.9. The Morgan fingerprint density at radius 1 is 0.889 bits per heavy atom. The minimum atomic E-state index is 0.689. The highest BCUT2D eigenvalue weighted by atomic mass is 14.6. The summed E-state index contributed by atoms with van der Waals surface area (Å²) in [5, 5.41) is 0. The fourth-order valence-corrected chi connectivity index (χ4v) is 2.03. The van der Waals surface area contributed by atoms with E-state index in [2.05, 4.69) is 43.0 Å². The van der Waals surface area contributed by atoms with Gasteiger partial charge in [0.15, 0.2) is 5.69 Å². The van der Waals surface area contributed by atoms with Crippen LogP contribution >= 0.6 is 0 Å². The second-order valence-electron chi connectivity index (χ2n) is 4.95. The van der Waals surface area contributed by atoms with E-state index in [4.69, 9.17) is 6.57 Å². The first-order valence-corrected chi connectivity index (χ1v) is 6.26. The van der Waals surface area contributed by atoms with Gasteiger partial charge in [0.2, 0.25) is 0 Å². The topological polar surface area (TPSA) is 4.36 Å². The van der Waals surface area contributed by atoms with Crippen molar-refractivity contribution in [3.63, 3.8) is 0 Å². The molecule has 0 saturated carbocycles. The summed E-state index contributed by atoms with van der Waals surface area (Å²) in [6.07, 6.45) is 1.12. The maximum atomic E-state index is 6.94. The molecule has 0 fully saturated rings. The maximum Gasteiger partial charge on any atom is 0.187 e. The van der Waals surface area contributed by atoms with Crippen LogP contribution in [0.5, 0.6) is 0 Å². The van der Waals surface area contributed by atoms with Gasteiger partial charge in [0.1, 0.15) is 0 Å². The largest absolute Gasteiger partial charge is 0.238 e. The Bertz CT molecular complexity index is 542. The van der Waals surface area contributed by atoms with E-state index in [1.165, 1.54) is 16.7 Å². The molecule has 1 nitrogen and oxygen atoms in total. The minimum Gasteiger partial charge on any atom is -0.238 e. The van der Waals surface area contributed by atoms with Crippen molar-refractivity contribution in [2.75, 3.05) is 0 Å². The monoisotopic (exact) mass is 235 g/mol. The van der Waals surface area contributed by atoms with Crippen molar-refractivity contribution in [1.29, 1.82) is 0 Å². The Labute approximate surface area is 109 Å². The zero-order chi connectivity index (χ0) is 13.0. The highest BCUT2D eigenvalue weighted by molar-refractivity contribution is 5.66. The molecule has 2 aromatic rings. The van der Waals surface area contributed by atoms with E-state index in [1.807, 2.05) is 24.3 Å². The molecule has 0 aromatic heterocycles. The Balaban J connectivity index is 2.20. The summed E-state index contributed by atoms with van der Waals surface area (Å²) < 4.78 is 0. The second-order valence-corrected chi connectivity index (χ2v) is 4.95. The third-order valence-corrected chi connectivity index (χ3v) is 2.93. The molecule has 0 aliphatic heterocycles. The van der Waals surface area contributed by atoms with Crippen LogP contribution in [-0.4, -0.2) is 0 Å². The normalized spacial score (nSPS) is 10.3. The van der Waals surface area contributed by atoms with E-state index in [0.29, 0.717) is 11.6 Å². The number of benzene rings is 2. The van der Waals surface area contributed by atoms with Crippen molar-refractivity contribution >= 4 is 5.69 Å². The maximum absolute atomic E-state index is 6.94. The molecule has 2 aromatic carbocycles. The quantitative estimate of drug-likeness (QED) is 0.652. The number of rotatable bonds is 3. The van der Waals surface area contributed by atoms with Crippen molar-refractivity contribution in [3.05, 3.63) is 65.5 Å². The Morgan fingerprint density at radius 3 is 1.83 bits per heavy atom. The summed E-state index contributed by atoms with van der Waals surface area (Å²) in [6.45, 7) is 11.4. The number of hydrogen-bond acceptors (Lipinski definition) is 0. The minimum absolute atomic E-state index is 0.689. The Morgan fingerprint density at radius 2 is 1.39 bits per heavy atom. The average molecular weight is 235 g/mol. The zero-order valence-electron chi connectivity index (χ0n) is 10.9. The van der Waals surface area contributed by atoms with E-state index in [-0.39, 0.29) is 0 Å². The van der Waals surface area contributed by atoms with Gasteiger partial charge in [-0.2, -0.15) is 0 Å². The van der Waals surface area contributed by atoms with Gasteiger partial charge in [-0.15, -0.1) is 0 Å². The van der Waals surface area contributed by atoms with Crippen LogP contribution in [0.3, 0.4) is 0 Å². The summed E-state index contributed by atoms with van der Waals surface area (Å²) >= 11 is 0. The molecular weight excluding hydrogens is 218 g/mol. The first-order valence-electron chi connectivity index (χ1n) is 6.26. The molecule has 0 radical (unpaired) electrons. The highest BCUT2D eigenvalue weighted by Crippen LogP contribution is 2.23. The van der Waals surface area contributed by atoms with Crippen molar-refractivity contribution in [3.8, 4) is 11.1 Å². The van der Waals surface area contributed by atoms with Gasteiger partial charge in [0, 0.05) is 0 Å². The van der Waals surface area contributed by atoms with Crippen molar-refractivity contribution < 1.29 is 0 Å². The SMILES string of the molecule is [C-]#[N+]c1ccc(-c2ccc(CC(C)C)cc2)cc1. The van der Waals surface area contributed by atoms with Gasteiger partial charge < -0.3 is 0 Å². The molecule has 0 atom stereocenters. The molecule has 18 heavy (non-hydrogen) atoms. The van der Waals surface area contributed by atoms with Crippen LogP contribution in [0.2, 0.25) is 0 Å². The second kappa shape index (κ2) is 5.51. The van der Waals surface area contributed by atoms with Gasteiger partial charge in [-0.3, -0.25) is 0 Å². The average Bonchev–Trinajstić information content (AvgIpc) is 2.39. The van der Waals surface area contributed by atoms with Crippen molar-refractivity contribution in [2.24, 2.45) is 5.92 Å². The van der Waals surface area contributed by atoms with E-state index < -0.39 is 0 Å². The first kappa shape index (κ1) is 12.4. The van der Waals surface area contributed by atoms with Gasteiger partial charge in [-0.25, -0.2) is 4.85 Å². The molecule has 0 aliphatic rings. The molecule has 0 amide bonds. The smallest absolute Gasteiger partial charge is 0.187 e. The van der Waals surface area contributed by atoms with Gasteiger partial charge in [-0.1, -0.05) is 62.4 Å². The van der Waals surface area contributed by atoms with Gasteiger partial charge in [0.05, 0.1) is 6.57 Å². The Hall–Kier alpha value is -2.07. The van der Waals surface area contributed by atoms with E-state index >= 15 is 0 Å². The summed E-state index contributed by atoms with van der Waals surface area (Å²) in [5.74, 6) is 0.689. The molecule has 0 heterocycles. The van der Waals surface area contributed by atoms with Gasteiger partial charge in [-0.05, 0) is 29.0 Å². The highest BCUT2D eigenvalue weighted by Gasteiger charge is 2.00. The van der Waals surface area contributed by atoms with Gasteiger partial charge >= 0.3 is 0 Å². The lowest BCUT2D eigenvalue weighted by atomic mass is 9.99. The molecule has 0 saturated heterocycles. The molecule has 0 bridgehead atoms. The molecular formula is C17H17N. The third kappa shape index (κ3) is 2.99. The lowest BCUT2D eigenvalue weighted by Gasteiger charge is -2.07. The first-order chi connectivity index (χ1) is 8.69. The molecule has 0 spiro atoms. The van der Waals surface area contributed by atoms with E-state index in [0.717, 1.165) is 6.42 Å². The van der Waals surface area contributed by atoms with Crippen LogP contribution in [0.4, 0.5) is 5.69 Å². The predicted octanol–water partition coefficient (Wildman–Crippen LogP) is 5.10. The van der Waals surface area contributed by atoms with Crippen LogP contribution in [-0.2, 0) is 6.42 Å². The summed E-state index contributed by atoms with van der Waals surface area (Å²) in [5.41, 5.74) is 4.44. The van der Waals surface area contributed by atoms with Crippen LogP contribution in [0.15, 0.2) is 48.5 Å². The fourth-order valence-electron chi connectivity index (χ4n) is 2.03. The molecule has 90 valence electrons. The van der Waals surface area contributed by atoms with Crippen LogP contribution in [0.25, 0.3) is 16.0 Å². The number of nitrogens with zero attached hydrogens (tertiary/aromatic N) is 1. The fraction of sp³-hybridized carbons (Fsp3) is 0.235. The van der Waals surface area contributed by atoms with Gasteiger partial charge in [0.25, 0.3) is 0 Å². The summed E-state index contributed by atoms with van der Waals surface area (Å²) in [4.78, 5) is 3.40. The molecule has 2 rings (SSSR count). The molecule has 1 heteroatoms. The standard InChI is InChI=1S/C17H17N/c1-13(2)12-14-4-6-15(7-5-14)16-8-10-17(18-3)11-9-16/h4-11,13H,12H2,1-2H3. The lowest BCUT2D eigenvalue weighted by molar-refractivity contribution is 0.647. The van der Waals surface area contributed by atoms with Crippen LogP contribution < -0.4 is 0 Å².